The summed E-state index contributed by atoms with van der Waals surface area (Å²) in [5, 5.41) is 10.7. The van der Waals surface area contributed by atoms with Crippen LogP contribution in [0.1, 0.15) is 25.0 Å². The lowest BCUT2D eigenvalue weighted by molar-refractivity contribution is 0.275. The number of rotatable bonds is 3. The minimum atomic E-state index is -0.233. The molecule has 2 aliphatic rings. The average molecular weight is 394 g/mol. The first-order valence-electron chi connectivity index (χ1n) is 8.67. The molecule has 2 fully saturated rings. The maximum absolute atomic E-state index is 9.88. The standard InChI is InChI=1S/C18H21Cl2N5O/c19-11-3-1-2-10(14(11)20)15-16(22)24-17(12(8-26)23-15)25-7-4-13(21)18(9-25)5-6-18/h1-3,13,26H,4-9,21H2,(H2,22,24). The van der Waals surface area contributed by atoms with Gasteiger partial charge in [-0.3, -0.25) is 0 Å². The first-order valence-corrected chi connectivity index (χ1v) is 9.43. The summed E-state index contributed by atoms with van der Waals surface area (Å²) in [6, 6.07) is 5.49. The summed E-state index contributed by atoms with van der Waals surface area (Å²) >= 11 is 12.4. The summed E-state index contributed by atoms with van der Waals surface area (Å²) in [5.74, 6) is 0.895. The predicted molar refractivity (Wildman–Crippen MR) is 104 cm³/mol. The number of hydrogen-bond donors (Lipinski definition) is 3. The molecule has 138 valence electrons. The Balaban J connectivity index is 1.74. The number of piperidine rings is 1. The van der Waals surface area contributed by atoms with Gasteiger partial charge in [-0.05, 0) is 25.3 Å². The zero-order valence-corrected chi connectivity index (χ0v) is 15.8. The summed E-state index contributed by atoms with van der Waals surface area (Å²) in [5.41, 5.74) is 14.2. The Morgan fingerprint density at radius 3 is 2.73 bits per heavy atom. The minimum Gasteiger partial charge on any atom is -0.390 e. The van der Waals surface area contributed by atoms with Gasteiger partial charge in [-0.15, -0.1) is 0 Å². The molecule has 1 spiro atoms. The highest BCUT2D eigenvalue weighted by atomic mass is 35.5. The highest BCUT2D eigenvalue weighted by molar-refractivity contribution is 6.43. The summed E-state index contributed by atoms with van der Waals surface area (Å²) in [6.07, 6.45) is 3.17. The first kappa shape index (κ1) is 17.8. The van der Waals surface area contributed by atoms with Crippen LogP contribution in [0.15, 0.2) is 18.2 Å². The molecule has 1 saturated carbocycles. The number of aliphatic hydroxyl groups is 1. The van der Waals surface area contributed by atoms with Crippen molar-refractivity contribution in [2.45, 2.75) is 31.9 Å². The molecule has 1 aromatic carbocycles. The summed E-state index contributed by atoms with van der Waals surface area (Å²) in [4.78, 5) is 11.3. The Hall–Kier alpha value is -1.60. The molecule has 1 aliphatic carbocycles. The molecule has 0 amide bonds. The van der Waals surface area contributed by atoms with Gasteiger partial charge in [0.05, 0.1) is 16.7 Å². The van der Waals surface area contributed by atoms with E-state index < -0.39 is 0 Å². The van der Waals surface area contributed by atoms with Crippen LogP contribution in [-0.2, 0) is 6.61 Å². The van der Waals surface area contributed by atoms with Gasteiger partial charge in [-0.1, -0.05) is 35.3 Å². The van der Waals surface area contributed by atoms with Crippen LogP contribution in [0.2, 0.25) is 10.0 Å². The van der Waals surface area contributed by atoms with Crippen LogP contribution in [0, 0.1) is 5.41 Å². The Bertz CT molecular complexity index is 856. The lowest BCUT2D eigenvalue weighted by atomic mass is 9.89. The topological polar surface area (TPSA) is 101 Å². The summed E-state index contributed by atoms with van der Waals surface area (Å²) in [6.45, 7) is 1.37. The van der Waals surface area contributed by atoms with E-state index in [9.17, 15) is 5.11 Å². The van der Waals surface area contributed by atoms with E-state index >= 15 is 0 Å². The molecule has 0 radical (unpaired) electrons. The van der Waals surface area contributed by atoms with Crippen molar-refractivity contribution in [1.29, 1.82) is 0 Å². The molecule has 1 atom stereocenters. The number of aliphatic hydroxyl groups excluding tert-OH is 1. The summed E-state index contributed by atoms with van der Waals surface area (Å²) < 4.78 is 0. The molecule has 6 nitrogen and oxygen atoms in total. The molecule has 1 aromatic heterocycles. The van der Waals surface area contributed by atoms with Crippen LogP contribution in [0.5, 0.6) is 0 Å². The Kier molecular flexibility index (Phi) is 4.47. The van der Waals surface area contributed by atoms with E-state index in [1.165, 1.54) is 0 Å². The van der Waals surface area contributed by atoms with E-state index in [4.69, 9.17) is 34.7 Å². The van der Waals surface area contributed by atoms with E-state index in [0.717, 1.165) is 32.4 Å². The van der Waals surface area contributed by atoms with Gasteiger partial charge >= 0.3 is 0 Å². The first-order chi connectivity index (χ1) is 12.4. The van der Waals surface area contributed by atoms with Crippen molar-refractivity contribution < 1.29 is 5.11 Å². The van der Waals surface area contributed by atoms with Crippen LogP contribution < -0.4 is 16.4 Å². The van der Waals surface area contributed by atoms with Crippen molar-refractivity contribution >= 4 is 34.8 Å². The van der Waals surface area contributed by atoms with Crippen molar-refractivity contribution in [2.75, 3.05) is 23.7 Å². The Morgan fingerprint density at radius 2 is 2.04 bits per heavy atom. The van der Waals surface area contributed by atoms with Crippen molar-refractivity contribution in [2.24, 2.45) is 11.1 Å². The molecule has 0 bridgehead atoms. The van der Waals surface area contributed by atoms with Crippen LogP contribution in [-0.4, -0.2) is 34.2 Å². The quantitative estimate of drug-likeness (QED) is 0.740. The van der Waals surface area contributed by atoms with Gasteiger partial charge in [0, 0.05) is 30.1 Å². The van der Waals surface area contributed by atoms with E-state index in [2.05, 4.69) is 14.9 Å². The third-order valence-electron chi connectivity index (χ3n) is 5.52. The molecule has 2 aromatic rings. The van der Waals surface area contributed by atoms with E-state index in [0.29, 0.717) is 32.8 Å². The molecule has 1 unspecified atom stereocenters. The van der Waals surface area contributed by atoms with Gasteiger partial charge in [0.25, 0.3) is 0 Å². The number of hydrogen-bond acceptors (Lipinski definition) is 6. The SMILES string of the molecule is Nc1nc(N2CCC(N)C3(CC3)C2)c(CO)nc1-c1cccc(Cl)c1Cl. The monoisotopic (exact) mass is 393 g/mol. The van der Waals surface area contributed by atoms with Gasteiger partial charge in [0.15, 0.2) is 11.6 Å². The number of nitrogen functional groups attached to an aromatic ring is 1. The number of nitrogens with zero attached hydrogens (tertiary/aromatic N) is 3. The van der Waals surface area contributed by atoms with Gasteiger partial charge in [-0.25, -0.2) is 9.97 Å². The zero-order chi connectivity index (χ0) is 18.5. The molecule has 8 heteroatoms. The molecule has 4 rings (SSSR count). The lowest BCUT2D eigenvalue weighted by Crippen LogP contribution is -2.49. The molecule has 26 heavy (non-hydrogen) atoms. The van der Waals surface area contributed by atoms with Crippen molar-refractivity contribution in [3.05, 3.63) is 33.9 Å². The van der Waals surface area contributed by atoms with Crippen LogP contribution in [0.25, 0.3) is 11.3 Å². The smallest absolute Gasteiger partial charge is 0.155 e. The maximum atomic E-state index is 9.88. The van der Waals surface area contributed by atoms with Gasteiger partial charge < -0.3 is 21.5 Å². The van der Waals surface area contributed by atoms with Gasteiger partial charge in [0.2, 0.25) is 0 Å². The fourth-order valence-corrected chi connectivity index (χ4v) is 4.16. The predicted octanol–water partition coefficient (Wildman–Crippen LogP) is 2.84. The summed E-state index contributed by atoms with van der Waals surface area (Å²) in [7, 11) is 0. The van der Waals surface area contributed by atoms with Gasteiger partial charge in [0.1, 0.15) is 11.4 Å². The van der Waals surface area contributed by atoms with Crippen LogP contribution >= 0.6 is 23.2 Å². The Labute approximate surface area is 162 Å². The second-order valence-corrected chi connectivity index (χ2v) is 7.95. The van der Waals surface area contributed by atoms with Crippen molar-refractivity contribution in [3.63, 3.8) is 0 Å². The molecular formula is C18H21Cl2N5O. The highest BCUT2D eigenvalue weighted by Crippen LogP contribution is 2.52. The molecule has 5 N–H and O–H groups in total. The molecule has 1 saturated heterocycles. The Morgan fingerprint density at radius 1 is 1.27 bits per heavy atom. The highest BCUT2D eigenvalue weighted by Gasteiger charge is 2.51. The normalized spacial score (nSPS) is 21.2. The van der Waals surface area contributed by atoms with Crippen molar-refractivity contribution in [3.8, 4) is 11.3 Å². The number of benzene rings is 1. The van der Waals surface area contributed by atoms with Crippen molar-refractivity contribution in [1.82, 2.24) is 9.97 Å². The van der Waals surface area contributed by atoms with E-state index in [-0.39, 0.29) is 23.9 Å². The molecule has 1 aliphatic heterocycles. The minimum absolute atomic E-state index is 0.177. The average Bonchev–Trinajstić information content (AvgIpc) is 3.40. The largest absolute Gasteiger partial charge is 0.390 e. The molecular weight excluding hydrogens is 373 g/mol. The second kappa shape index (κ2) is 6.53. The fraction of sp³-hybridized carbons (Fsp3) is 0.444. The second-order valence-electron chi connectivity index (χ2n) is 7.17. The van der Waals surface area contributed by atoms with Crippen LogP contribution in [0.4, 0.5) is 11.6 Å². The lowest BCUT2D eigenvalue weighted by Gasteiger charge is -2.38. The zero-order valence-electron chi connectivity index (χ0n) is 14.3. The number of nitrogens with two attached hydrogens (primary N) is 2. The maximum Gasteiger partial charge on any atom is 0.155 e. The van der Waals surface area contributed by atoms with Crippen LogP contribution in [0.3, 0.4) is 0 Å². The third kappa shape index (κ3) is 2.91. The number of anilines is 2. The fourth-order valence-electron chi connectivity index (χ4n) is 3.77. The third-order valence-corrected chi connectivity index (χ3v) is 6.34. The number of aromatic nitrogens is 2. The molecule has 2 heterocycles. The number of halogens is 2. The van der Waals surface area contributed by atoms with Gasteiger partial charge in [-0.2, -0.15) is 0 Å². The van der Waals surface area contributed by atoms with E-state index in [1.54, 1.807) is 18.2 Å². The van der Waals surface area contributed by atoms with E-state index in [1.807, 2.05) is 0 Å².